The number of fused-ring (bicyclic) bond motifs is 4. The van der Waals surface area contributed by atoms with E-state index in [1.807, 2.05) is 54.6 Å². The summed E-state index contributed by atoms with van der Waals surface area (Å²) in [6.07, 6.45) is 4.25. The molecule has 0 bridgehead atoms. The number of hydrogen-bond donors (Lipinski definition) is 2. The number of nitrogens with one attached hydrogen (secondary N) is 1. The number of rotatable bonds is 6. The van der Waals surface area contributed by atoms with Crippen molar-refractivity contribution in [3.05, 3.63) is 89.5 Å². The van der Waals surface area contributed by atoms with E-state index >= 15 is 0 Å². The van der Waals surface area contributed by atoms with Gasteiger partial charge in [0.1, 0.15) is 6.61 Å². The molecule has 0 radical (unpaired) electrons. The van der Waals surface area contributed by atoms with Gasteiger partial charge in [0.05, 0.1) is 5.39 Å². The predicted molar refractivity (Wildman–Crippen MR) is 125 cm³/mol. The van der Waals surface area contributed by atoms with Crippen molar-refractivity contribution in [2.24, 2.45) is 0 Å². The van der Waals surface area contributed by atoms with Crippen LogP contribution >= 0.6 is 0 Å². The third kappa shape index (κ3) is 3.83. The summed E-state index contributed by atoms with van der Waals surface area (Å²) >= 11 is 0. The van der Waals surface area contributed by atoms with E-state index in [9.17, 15) is 4.79 Å². The van der Waals surface area contributed by atoms with E-state index in [4.69, 9.17) is 15.0 Å². The zero-order chi connectivity index (χ0) is 21.9. The standard InChI is InChI=1S/C26H23N3O3/c27-25-22-15-17(12-13-24(22)32-29-25)7-5-6-14-28-26(30)31-16-23-20-10-3-1-8-18(20)19-9-2-4-11-21(19)23/h1-5,7-13,15,23H,6,14,16H2,(H2,27,29)(H,28,30). The SMILES string of the molecule is Nc1noc2ccc(C=CCCNC(=O)OCC3c4ccccc4-c4ccccc43)cc12. The van der Waals surface area contributed by atoms with Gasteiger partial charge in [0, 0.05) is 12.5 Å². The second-order valence-corrected chi connectivity index (χ2v) is 7.77. The highest BCUT2D eigenvalue weighted by atomic mass is 16.5. The van der Waals surface area contributed by atoms with Crippen molar-refractivity contribution < 1.29 is 14.1 Å². The molecule has 32 heavy (non-hydrogen) atoms. The molecular formula is C26H23N3O3. The van der Waals surface area contributed by atoms with E-state index in [2.05, 4.69) is 34.7 Å². The van der Waals surface area contributed by atoms with Crippen molar-refractivity contribution >= 4 is 29.0 Å². The quantitative estimate of drug-likeness (QED) is 0.406. The molecular weight excluding hydrogens is 402 g/mol. The predicted octanol–water partition coefficient (Wildman–Crippen LogP) is 5.35. The van der Waals surface area contributed by atoms with Crippen LogP contribution in [0, 0.1) is 0 Å². The second-order valence-electron chi connectivity index (χ2n) is 7.77. The maximum absolute atomic E-state index is 12.2. The maximum Gasteiger partial charge on any atom is 0.407 e. The number of carbonyl (C=O) groups is 1. The van der Waals surface area contributed by atoms with Crippen LogP contribution in [0.4, 0.5) is 10.6 Å². The fourth-order valence-corrected chi connectivity index (χ4v) is 4.20. The minimum atomic E-state index is -0.404. The van der Waals surface area contributed by atoms with Gasteiger partial charge >= 0.3 is 6.09 Å². The van der Waals surface area contributed by atoms with E-state index in [0.29, 0.717) is 31.0 Å². The Kier molecular flexibility index (Phi) is 5.34. The lowest BCUT2D eigenvalue weighted by Gasteiger charge is -2.14. The highest BCUT2D eigenvalue weighted by Gasteiger charge is 2.28. The van der Waals surface area contributed by atoms with Crippen LogP contribution in [0.2, 0.25) is 0 Å². The van der Waals surface area contributed by atoms with Gasteiger partial charge in [0.15, 0.2) is 11.4 Å². The molecule has 3 N–H and O–H groups in total. The number of nitrogens with zero attached hydrogens (tertiary/aromatic N) is 1. The first kappa shape index (κ1) is 19.9. The third-order valence-corrected chi connectivity index (χ3v) is 5.76. The first-order chi connectivity index (χ1) is 15.7. The number of benzene rings is 3. The molecule has 1 heterocycles. The Labute approximate surface area is 185 Å². The van der Waals surface area contributed by atoms with Gasteiger partial charge < -0.3 is 20.3 Å². The molecule has 0 atom stereocenters. The van der Waals surface area contributed by atoms with Crippen molar-refractivity contribution in [3.8, 4) is 11.1 Å². The summed E-state index contributed by atoms with van der Waals surface area (Å²) < 4.78 is 10.7. The van der Waals surface area contributed by atoms with Gasteiger partial charge in [0.2, 0.25) is 0 Å². The summed E-state index contributed by atoms with van der Waals surface area (Å²) in [6, 6.07) is 22.3. The van der Waals surface area contributed by atoms with Gasteiger partial charge in [0.25, 0.3) is 0 Å². The molecule has 0 spiro atoms. The lowest BCUT2D eigenvalue weighted by molar-refractivity contribution is 0.143. The van der Waals surface area contributed by atoms with Gasteiger partial charge in [-0.1, -0.05) is 71.9 Å². The average molecular weight is 425 g/mol. The van der Waals surface area contributed by atoms with Crippen LogP contribution < -0.4 is 11.1 Å². The van der Waals surface area contributed by atoms with E-state index in [1.54, 1.807) is 0 Å². The highest BCUT2D eigenvalue weighted by Crippen LogP contribution is 2.44. The van der Waals surface area contributed by atoms with Crippen LogP contribution in [-0.2, 0) is 4.74 Å². The number of amides is 1. The van der Waals surface area contributed by atoms with E-state index in [0.717, 1.165) is 10.9 Å². The molecule has 0 saturated heterocycles. The Bertz CT molecular complexity index is 1260. The zero-order valence-electron chi connectivity index (χ0n) is 17.5. The maximum atomic E-state index is 12.2. The van der Waals surface area contributed by atoms with Gasteiger partial charge in [-0.2, -0.15) is 0 Å². The number of hydrogen-bond acceptors (Lipinski definition) is 5. The van der Waals surface area contributed by atoms with Crippen LogP contribution in [0.15, 0.2) is 77.3 Å². The molecule has 1 amide bonds. The first-order valence-electron chi connectivity index (χ1n) is 10.6. The topological polar surface area (TPSA) is 90.4 Å². The second kappa shape index (κ2) is 8.59. The minimum absolute atomic E-state index is 0.0628. The molecule has 0 unspecified atom stereocenters. The van der Waals surface area contributed by atoms with Gasteiger partial charge in [-0.25, -0.2) is 4.79 Å². The largest absolute Gasteiger partial charge is 0.449 e. The molecule has 3 aromatic carbocycles. The first-order valence-corrected chi connectivity index (χ1v) is 10.6. The Hall–Kier alpha value is -4.06. The Balaban J connectivity index is 1.12. The molecule has 160 valence electrons. The highest BCUT2D eigenvalue weighted by molar-refractivity contribution is 5.88. The molecule has 6 heteroatoms. The Morgan fingerprint density at radius 1 is 1.06 bits per heavy atom. The summed E-state index contributed by atoms with van der Waals surface area (Å²) in [7, 11) is 0. The van der Waals surface area contributed by atoms with Crippen LogP contribution in [0.25, 0.3) is 28.2 Å². The summed E-state index contributed by atoms with van der Waals surface area (Å²) in [6.45, 7) is 0.806. The van der Waals surface area contributed by atoms with Gasteiger partial charge in [-0.05, 0) is 46.4 Å². The van der Waals surface area contributed by atoms with E-state index in [1.165, 1.54) is 22.3 Å². The zero-order valence-corrected chi connectivity index (χ0v) is 17.5. The molecule has 0 saturated carbocycles. The molecule has 5 rings (SSSR count). The van der Waals surface area contributed by atoms with Crippen LogP contribution in [0.1, 0.15) is 29.0 Å². The fourth-order valence-electron chi connectivity index (χ4n) is 4.20. The lowest BCUT2D eigenvalue weighted by atomic mass is 9.98. The van der Waals surface area contributed by atoms with Crippen molar-refractivity contribution in [1.29, 1.82) is 0 Å². The molecule has 0 fully saturated rings. The van der Waals surface area contributed by atoms with Crippen molar-refractivity contribution in [3.63, 3.8) is 0 Å². The minimum Gasteiger partial charge on any atom is -0.449 e. The number of aromatic nitrogens is 1. The number of nitrogens with two attached hydrogens (primary N) is 1. The molecule has 6 nitrogen and oxygen atoms in total. The normalized spacial score (nSPS) is 12.8. The van der Waals surface area contributed by atoms with Gasteiger partial charge in [-0.3, -0.25) is 0 Å². The monoisotopic (exact) mass is 425 g/mol. The fraction of sp³-hybridized carbons (Fsp3) is 0.154. The summed E-state index contributed by atoms with van der Waals surface area (Å²) in [5.74, 6) is 0.444. The van der Waals surface area contributed by atoms with Crippen molar-refractivity contribution in [2.75, 3.05) is 18.9 Å². The van der Waals surface area contributed by atoms with Crippen LogP contribution in [0.3, 0.4) is 0 Å². The summed E-state index contributed by atoms with van der Waals surface area (Å²) in [5.41, 5.74) is 12.3. The van der Waals surface area contributed by atoms with Crippen LogP contribution in [0.5, 0.6) is 0 Å². The number of nitrogen functional groups attached to an aromatic ring is 1. The molecule has 1 aromatic heterocycles. The summed E-state index contributed by atoms with van der Waals surface area (Å²) in [4.78, 5) is 12.2. The smallest absolute Gasteiger partial charge is 0.407 e. The van der Waals surface area contributed by atoms with E-state index < -0.39 is 6.09 Å². The number of anilines is 1. The Morgan fingerprint density at radius 3 is 2.53 bits per heavy atom. The van der Waals surface area contributed by atoms with E-state index in [-0.39, 0.29) is 5.92 Å². The lowest BCUT2D eigenvalue weighted by Crippen LogP contribution is -2.26. The molecule has 1 aliphatic carbocycles. The number of carbonyl (C=O) groups excluding carboxylic acids is 1. The number of alkyl carbamates (subject to hydrolysis) is 1. The molecule has 4 aromatic rings. The molecule has 1 aliphatic rings. The summed E-state index contributed by atoms with van der Waals surface area (Å²) in [5, 5.41) is 7.37. The third-order valence-electron chi connectivity index (χ3n) is 5.76. The van der Waals surface area contributed by atoms with Crippen molar-refractivity contribution in [1.82, 2.24) is 10.5 Å². The van der Waals surface area contributed by atoms with Crippen molar-refractivity contribution in [2.45, 2.75) is 12.3 Å². The molecule has 0 aliphatic heterocycles. The Morgan fingerprint density at radius 2 is 1.78 bits per heavy atom. The average Bonchev–Trinajstić information content (AvgIpc) is 3.35. The van der Waals surface area contributed by atoms with Gasteiger partial charge in [-0.15, -0.1) is 0 Å². The number of ether oxygens (including phenoxy) is 1. The van der Waals surface area contributed by atoms with Crippen LogP contribution in [-0.4, -0.2) is 24.4 Å².